The Bertz CT molecular complexity index is 967. The van der Waals surface area contributed by atoms with Crippen molar-refractivity contribution in [2.75, 3.05) is 11.9 Å². The summed E-state index contributed by atoms with van der Waals surface area (Å²) in [6.07, 6.45) is 5.54. The van der Waals surface area contributed by atoms with Crippen molar-refractivity contribution < 1.29 is 9.90 Å². The molecule has 4 N–H and O–H groups in total. The molecule has 7 nitrogen and oxygen atoms in total. The van der Waals surface area contributed by atoms with Crippen LogP contribution in [0.4, 0.5) is 5.95 Å². The molecule has 0 saturated carbocycles. The first-order valence-corrected chi connectivity index (χ1v) is 10.3. The molecule has 0 spiro atoms. The highest BCUT2D eigenvalue weighted by molar-refractivity contribution is 5.94. The number of nitrogens with zero attached hydrogens (tertiary/aromatic N) is 2. The van der Waals surface area contributed by atoms with Gasteiger partial charge >= 0.3 is 0 Å². The van der Waals surface area contributed by atoms with Crippen LogP contribution in [0.15, 0.2) is 48.8 Å². The van der Waals surface area contributed by atoms with E-state index in [1.807, 2.05) is 37.3 Å². The van der Waals surface area contributed by atoms with Gasteiger partial charge in [0, 0.05) is 24.0 Å². The van der Waals surface area contributed by atoms with E-state index >= 15 is 0 Å². The molecule has 0 aliphatic carbocycles. The largest absolute Gasteiger partial charge is 0.394 e. The van der Waals surface area contributed by atoms with Gasteiger partial charge in [0.1, 0.15) is 5.69 Å². The van der Waals surface area contributed by atoms with Crippen molar-refractivity contribution in [3.05, 3.63) is 65.6 Å². The number of nitrogens with one attached hydrogen (secondary N) is 3. The topological polar surface area (TPSA) is 103 Å². The number of anilines is 1. The number of aryl methyl sites for hydroxylation is 1. The molecule has 1 atom stereocenters. The lowest BCUT2D eigenvalue weighted by Crippen LogP contribution is -2.30. The Labute approximate surface area is 177 Å². The lowest BCUT2D eigenvalue weighted by Gasteiger charge is -2.16. The van der Waals surface area contributed by atoms with Crippen molar-refractivity contribution in [3.63, 3.8) is 0 Å². The molecule has 0 radical (unpaired) electrons. The van der Waals surface area contributed by atoms with Crippen LogP contribution in [0.25, 0.3) is 11.3 Å². The molecular weight excluding hydrogens is 378 g/mol. The number of aromatic nitrogens is 3. The number of carbonyl (C=O) groups is 1. The van der Waals surface area contributed by atoms with E-state index in [-0.39, 0.29) is 12.5 Å². The van der Waals surface area contributed by atoms with E-state index in [0.29, 0.717) is 17.7 Å². The summed E-state index contributed by atoms with van der Waals surface area (Å²) in [6, 6.07) is 11.0. The number of carbonyl (C=O) groups excluding carboxylic acids is 1. The molecule has 30 heavy (non-hydrogen) atoms. The van der Waals surface area contributed by atoms with Crippen LogP contribution >= 0.6 is 0 Å². The third-order valence-electron chi connectivity index (χ3n) is 5.18. The molecule has 0 unspecified atom stereocenters. The number of H-pyrrole nitrogens is 1. The van der Waals surface area contributed by atoms with Gasteiger partial charge in [0.05, 0.1) is 18.3 Å². The van der Waals surface area contributed by atoms with E-state index in [1.165, 1.54) is 0 Å². The first kappa shape index (κ1) is 21.5. The summed E-state index contributed by atoms with van der Waals surface area (Å²) < 4.78 is 0. The normalized spacial score (nSPS) is 12.0. The third-order valence-corrected chi connectivity index (χ3v) is 5.18. The van der Waals surface area contributed by atoms with Gasteiger partial charge in [-0.1, -0.05) is 44.2 Å². The molecule has 2 heterocycles. The number of aliphatic hydroxyl groups is 1. The van der Waals surface area contributed by atoms with Crippen LogP contribution in [0.3, 0.4) is 0 Å². The SMILES string of the molecule is CCC(CC)Nc1ncc(C)c(-c2c[nH]c(C(=O)N[C@H](CO)c3ccccc3)c2)n1. The number of hydrogen-bond donors (Lipinski definition) is 4. The smallest absolute Gasteiger partial charge is 0.268 e. The van der Waals surface area contributed by atoms with Gasteiger partial charge in [-0.3, -0.25) is 4.79 Å². The van der Waals surface area contributed by atoms with Crippen LogP contribution in [0.5, 0.6) is 0 Å². The minimum absolute atomic E-state index is 0.181. The molecule has 0 fully saturated rings. The van der Waals surface area contributed by atoms with Gasteiger partial charge < -0.3 is 20.7 Å². The lowest BCUT2D eigenvalue weighted by molar-refractivity contribution is 0.0912. The third kappa shape index (κ3) is 5.04. The van der Waals surface area contributed by atoms with Crippen molar-refractivity contribution in [3.8, 4) is 11.3 Å². The van der Waals surface area contributed by atoms with Crippen molar-refractivity contribution in [2.45, 2.75) is 45.7 Å². The van der Waals surface area contributed by atoms with Gasteiger partial charge in [0.25, 0.3) is 5.91 Å². The van der Waals surface area contributed by atoms with Gasteiger partial charge in [0.15, 0.2) is 0 Å². The van der Waals surface area contributed by atoms with Crippen LogP contribution < -0.4 is 10.6 Å². The minimum Gasteiger partial charge on any atom is -0.394 e. The van der Waals surface area contributed by atoms with Gasteiger partial charge in [-0.25, -0.2) is 9.97 Å². The number of amides is 1. The Morgan fingerprint density at radius 2 is 1.93 bits per heavy atom. The summed E-state index contributed by atoms with van der Waals surface area (Å²) >= 11 is 0. The predicted octanol–water partition coefficient (Wildman–Crippen LogP) is 3.84. The maximum Gasteiger partial charge on any atom is 0.268 e. The summed E-state index contributed by atoms with van der Waals surface area (Å²) in [7, 11) is 0. The van der Waals surface area contributed by atoms with Crippen LogP contribution in [-0.4, -0.2) is 38.6 Å². The van der Waals surface area contributed by atoms with Gasteiger partial charge in [-0.05, 0) is 37.0 Å². The molecule has 0 aliphatic heterocycles. The Kier molecular flexibility index (Phi) is 7.19. The average molecular weight is 408 g/mol. The molecule has 3 rings (SSSR count). The standard InChI is InChI=1S/C23H29N5O2/c1-4-18(5-2)26-23-25-12-15(3)21(28-23)17-11-19(24-13-17)22(30)27-20(14-29)16-9-7-6-8-10-16/h6-13,18,20,24,29H,4-5,14H2,1-3H3,(H,27,30)(H,25,26,28)/t20-/m1/s1. The molecule has 1 aromatic carbocycles. The quantitative estimate of drug-likeness (QED) is 0.431. The Morgan fingerprint density at radius 3 is 2.60 bits per heavy atom. The molecule has 158 valence electrons. The Balaban J connectivity index is 1.78. The summed E-state index contributed by atoms with van der Waals surface area (Å²) in [4.78, 5) is 24.8. The van der Waals surface area contributed by atoms with Crippen molar-refractivity contribution in [2.24, 2.45) is 0 Å². The van der Waals surface area contributed by atoms with E-state index in [9.17, 15) is 9.90 Å². The van der Waals surface area contributed by atoms with E-state index in [2.05, 4.69) is 39.4 Å². The number of aromatic amines is 1. The second kappa shape index (κ2) is 10.0. The molecule has 7 heteroatoms. The zero-order valence-corrected chi connectivity index (χ0v) is 17.6. The second-order valence-corrected chi connectivity index (χ2v) is 7.30. The molecule has 2 aromatic heterocycles. The fourth-order valence-corrected chi connectivity index (χ4v) is 3.30. The molecule has 0 saturated heterocycles. The fourth-order valence-electron chi connectivity index (χ4n) is 3.30. The Hall–Kier alpha value is -3.19. The van der Waals surface area contributed by atoms with Crippen LogP contribution in [0.2, 0.25) is 0 Å². The van der Waals surface area contributed by atoms with E-state index in [4.69, 9.17) is 0 Å². The van der Waals surface area contributed by atoms with Crippen LogP contribution in [-0.2, 0) is 0 Å². The number of hydrogen-bond acceptors (Lipinski definition) is 5. The van der Waals surface area contributed by atoms with Crippen LogP contribution in [0, 0.1) is 6.92 Å². The van der Waals surface area contributed by atoms with Gasteiger partial charge in [-0.15, -0.1) is 0 Å². The number of benzene rings is 1. The van der Waals surface area contributed by atoms with E-state index < -0.39 is 6.04 Å². The zero-order chi connectivity index (χ0) is 21.5. The zero-order valence-electron chi connectivity index (χ0n) is 17.6. The fraction of sp³-hybridized carbons (Fsp3) is 0.348. The highest BCUT2D eigenvalue weighted by Gasteiger charge is 2.18. The molecule has 3 aromatic rings. The van der Waals surface area contributed by atoms with Crippen LogP contribution in [0.1, 0.15) is 54.3 Å². The van der Waals surface area contributed by atoms with Crippen molar-refractivity contribution >= 4 is 11.9 Å². The highest BCUT2D eigenvalue weighted by atomic mass is 16.3. The Morgan fingerprint density at radius 1 is 1.20 bits per heavy atom. The monoisotopic (exact) mass is 407 g/mol. The van der Waals surface area contributed by atoms with E-state index in [0.717, 1.165) is 35.2 Å². The molecule has 0 aliphatic rings. The van der Waals surface area contributed by atoms with Gasteiger partial charge in [0.2, 0.25) is 5.95 Å². The average Bonchev–Trinajstić information content (AvgIpc) is 3.27. The lowest BCUT2D eigenvalue weighted by atomic mass is 10.1. The summed E-state index contributed by atoms with van der Waals surface area (Å²) in [5.41, 5.74) is 3.77. The number of rotatable bonds is 9. The number of aliphatic hydroxyl groups excluding tert-OH is 1. The summed E-state index contributed by atoms with van der Waals surface area (Å²) in [6.45, 7) is 6.02. The second-order valence-electron chi connectivity index (χ2n) is 7.30. The van der Waals surface area contributed by atoms with Gasteiger partial charge in [-0.2, -0.15) is 0 Å². The molecule has 0 bridgehead atoms. The maximum atomic E-state index is 12.7. The molecular formula is C23H29N5O2. The minimum atomic E-state index is -0.470. The first-order chi connectivity index (χ1) is 14.5. The van der Waals surface area contributed by atoms with Crippen molar-refractivity contribution in [1.29, 1.82) is 0 Å². The summed E-state index contributed by atoms with van der Waals surface area (Å²) in [5.74, 6) is 0.298. The maximum absolute atomic E-state index is 12.7. The van der Waals surface area contributed by atoms with Crippen molar-refractivity contribution in [1.82, 2.24) is 20.3 Å². The highest BCUT2D eigenvalue weighted by Crippen LogP contribution is 2.23. The first-order valence-electron chi connectivity index (χ1n) is 10.3. The predicted molar refractivity (Wildman–Crippen MR) is 118 cm³/mol. The molecule has 1 amide bonds. The summed E-state index contributed by atoms with van der Waals surface area (Å²) in [5, 5.41) is 15.9. The van der Waals surface area contributed by atoms with E-state index in [1.54, 1.807) is 18.5 Å².